The molecule has 88 valence electrons. The second-order valence-electron chi connectivity index (χ2n) is 4.09. The molecule has 0 spiro atoms. The highest BCUT2D eigenvalue weighted by atomic mass is 35.5. The van der Waals surface area contributed by atoms with Gasteiger partial charge < -0.3 is 10.2 Å². The molecule has 2 fully saturated rings. The third-order valence-corrected chi connectivity index (χ3v) is 2.80. The zero-order valence-electron chi connectivity index (χ0n) is 8.34. The van der Waals surface area contributed by atoms with Gasteiger partial charge in [0, 0.05) is 6.54 Å². The number of carbonyl (C=O) groups is 1. The first-order chi connectivity index (χ1) is 6.58. The highest BCUT2D eigenvalue weighted by Crippen LogP contribution is 2.28. The molecule has 2 aliphatic rings. The molecule has 0 bridgehead atoms. The summed E-state index contributed by atoms with van der Waals surface area (Å²) in [5.74, 6) is -2.83. The highest BCUT2D eigenvalue weighted by molar-refractivity contribution is 5.85. The van der Waals surface area contributed by atoms with Crippen molar-refractivity contribution in [2.24, 2.45) is 5.92 Å². The number of hydrogen-bond donors (Lipinski definition) is 1. The minimum Gasteiger partial charge on any atom is -0.330 e. The van der Waals surface area contributed by atoms with Crippen LogP contribution in [0.5, 0.6) is 0 Å². The first kappa shape index (κ1) is 12.6. The Morgan fingerprint density at radius 1 is 1.40 bits per heavy atom. The molecule has 0 aromatic rings. The van der Waals surface area contributed by atoms with Crippen molar-refractivity contribution in [2.75, 3.05) is 26.2 Å². The highest BCUT2D eigenvalue weighted by Gasteiger charge is 2.47. The van der Waals surface area contributed by atoms with Crippen LogP contribution < -0.4 is 5.32 Å². The van der Waals surface area contributed by atoms with Crippen LogP contribution in [0.2, 0.25) is 0 Å². The van der Waals surface area contributed by atoms with Gasteiger partial charge in [-0.05, 0) is 19.4 Å². The van der Waals surface area contributed by atoms with Crippen LogP contribution in [0, 0.1) is 5.92 Å². The maximum absolute atomic E-state index is 12.5. The number of alkyl halides is 2. The fourth-order valence-electron chi connectivity index (χ4n) is 1.99. The summed E-state index contributed by atoms with van der Waals surface area (Å²) in [5, 5.41) is 3.10. The van der Waals surface area contributed by atoms with Crippen molar-refractivity contribution in [1.82, 2.24) is 10.2 Å². The number of hydrogen-bond acceptors (Lipinski definition) is 2. The number of carbonyl (C=O) groups excluding carboxylic acids is 1. The van der Waals surface area contributed by atoms with Gasteiger partial charge in [-0.15, -0.1) is 12.4 Å². The van der Waals surface area contributed by atoms with Gasteiger partial charge in [-0.25, -0.2) is 8.78 Å². The van der Waals surface area contributed by atoms with Crippen molar-refractivity contribution >= 4 is 18.3 Å². The molecular formula is C9H15ClF2N2O. The molecule has 2 saturated heterocycles. The average Bonchev–Trinajstić information content (AvgIpc) is 2.14. The van der Waals surface area contributed by atoms with Crippen molar-refractivity contribution in [3.05, 3.63) is 0 Å². The minimum atomic E-state index is -2.64. The summed E-state index contributed by atoms with van der Waals surface area (Å²) in [6.45, 7) is 0.797. The zero-order valence-corrected chi connectivity index (χ0v) is 9.16. The van der Waals surface area contributed by atoms with E-state index in [1.807, 2.05) is 0 Å². The van der Waals surface area contributed by atoms with Crippen molar-refractivity contribution < 1.29 is 13.6 Å². The Kier molecular flexibility index (Phi) is 3.89. The first-order valence-corrected chi connectivity index (χ1v) is 4.96. The Morgan fingerprint density at radius 2 is 2.07 bits per heavy atom. The Labute approximate surface area is 93.6 Å². The van der Waals surface area contributed by atoms with Crippen LogP contribution in [0.4, 0.5) is 8.78 Å². The molecule has 2 aliphatic heterocycles. The topological polar surface area (TPSA) is 32.3 Å². The van der Waals surface area contributed by atoms with E-state index in [1.165, 1.54) is 4.90 Å². The lowest BCUT2D eigenvalue weighted by molar-refractivity contribution is -0.170. The number of rotatable bonds is 1. The summed E-state index contributed by atoms with van der Waals surface area (Å²) in [6, 6.07) is 0. The Bertz CT molecular complexity index is 236. The zero-order chi connectivity index (χ0) is 10.2. The fourth-order valence-corrected chi connectivity index (χ4v) is 1.99. The number of amides is 1. The smallest absolute Gasteiger partial charge is 0.282 e. The molecule has 1 amide bonds. The number of nitrogens with one attached hydrogen (secondary N) is 1. The molecule has 0 saturated carbocycles. The van der Waals surface area contributed by atoms with Crippen molar-refractivity contribution in [3.63, 3.8) is 0 Å². The maximum atomic E-state index is 12.5. The van der Waals surface area contributed by atoms with Crippen LogP contribution in [0.3, 0.4) is 0 Å². The molecular weight excluding hydrogens is 226 g/mol. The van der Waals surface area contributed by atoms with E-state index in [9.17, 15) is 13.6 Å². The predicted molar refractivity (Wildman–Crippen MR) is 54.4 cm³/mol. The molecule has 0 radical (unpaired) electrons. The van der Waals surface area contributed by atoms with Gasteiger partial charge in [0.25, 0.3) is 5.92 Å². The van der Waals surface area contributed by atoms with E-state index in [2.05, 4.69) is 5.32 Å². The van der Waals surface area contributed by atoms with Crippen LogP contribution in [0.15, 0.2) is 0 Å². The molecule has 15 heavy (non-hydrogen) atoms. The van der Waals surface area contributed by atoms with E-state index in [0.29, 0.717) is 6.54 Å². The predicted octanol–water partition coefficient (Wildman–Crippen LogP) is 0.885. The molecule has 0 aromatic heterocycles. The molecule has 1 atom stereocenters. The third-order valence-electron chi connectivity index (χ3n) is 2.80. The van der Waals surface area contributed by atoms with E-state index in [-0.39, 0.29) is 37.3 Å². The summed E-state index contributed by atoms with van der Waals surface area (Å²) in [5.41, 5.74) is 0. The van der Waals surface area contributed by atoms with Gasteiger partial charge in [0.2, 0.25) is 5.91 Å². The summed E-state index contributed by atoms with van der Waals surface area (Å²) >= 11 is 0. The van der Waals surface area contributed by atoms with Gasteiger partial charge in [0.15, 0.2) is 0 Å². The van der Waals surface area contributed by atoms with E-state index < -0.39 is 5.92 Å². The van der Waals surface area contributed by atoms with Crippen molar-refractivity contribution in [2.45, 2.75) is 18.8 Å². The SMILES string of the molecule is Cl.O=C(C1CCCNC1)N1CC(F)(F)C1. The summed E-state index contributed by atoms with van der Waals surface area (Å²) in [6.07, 6.45) is 1.79. The van der Waals surface area contributed by atoms with Gasteiger partial charge >= 0.3 is 0 Å². The van der Waals surface area contributed by atoms with Gasteiger partial charge in [0.05, 0.1) is 19.0 Å². The van der Waals surface area contributed by atoms with Crippen LogP contribution in [0.25, 0.3) is 0 Å². The number of likely N-dealkylation sites (tertiary alicyclic amines) is 1. The molecule has 2 rings (SSSR count). The Hall–Kier alpha value is -0.420. The van der Waals surface area contributed by atoms with E-state index in [4.69, 9.17) is 0 Å². The molecule has 1 N–H and O–H groups in total. The lowest BCUT2D eigenvalue weighted by Gasteiger charge is -2.41. The molecule has 1 unspecified atom stereocenters. The van der Waals surface area contributed by atoms with Gasteiger partial charge in [-0.1, -0.05) is 0 Å². The van der Waals surface area contributed by atoms with E-state index >= 15 is 0 Å². The number of nitrogens with zero attached hydrogens (tertiary/aromatic N) is 1. The second-order valence-corrected chi connectivity index (χ2v) is 4.09. The maximum Gasteiger partial charge on any atom is 0.282 e. The van der Waals surface area contributed by atoms with Crippen LogP contribution >= 0.6 is 12.4 Å². The van der Waals surface area contributed by atoms with Crippen molar-refractivity contribution in [3.8, 4) is 0 Å². The molecule has 3 nitrogen and oxygen atoms in total. The normalized spacial score (nSPS) is 28.9. The van der Waals surface area contributed by atoms with Crippen LogP contribution in [0.1, 0.15) is 12.8 Å². The largest absolute Gasteiger partial charge is 0.330 e. The number of piperidine rings is 1. The Morgan fingerprint density at radius 3 is 2.53 bits per heavy atom. The monoisotopic (exact) mass is 240 g/mol. The lowest BCUT2D eigenvalue weighted by Crippen LogP contribution is -2.60. The van der Waals surface area contributed by atoms with Crippen LogP contribution in [-0.2, 0) is 4.79 Å². The average molecular weight is 241 g/mol. The fraction of sp³-hybridized carbons (Fsp3) is 0.889. The molecule has 0 aromatic carbocycles. The van der Waals surface area contributed by atoms with Crippen LogP contribution in [-0.4, -0.2) is 42.9 Å². The van der Waals surface area contributed by atoms with Gasteiger partial charge in [-0.3, -0.25) is 4.79 Å². The van der Waals surface area contributed by atoms with E-state index in [1.54, 1.807) is 0 Å². The quantitative estimate of drug-likeness (QED) is 0.738. The van der Waals surface area contributed by atoms with Gasteiger partial charge in [0.1, 0.15) is 0 Å². The van der Waals surface area contributed by atoms with Crippen molar-refractivity contribution in [1.29, 1.82) is 0 Å². The third kappa shape index (κ3) is 2.78. The molecule has 2 heterocycles. The molecule has 0 aliphatic carbocycles. The first-order valence-electron chi connectivity index (χ1n) is 4.96. The summed E-state index contributed by atoms with van der Waals surface area (Å²) in [4.78, 5) is 12.9. The summed E-state index contributed by atoms with van der Waals surface area (Å²) in [7, 11) is 0. The standard InChI is InChI=1S/C9H14F2N2O.ClH/c10-9(11)5-13(6-9)8(14)7-2-1-3-12-4-7;/h7,12H,1-6H2;1H. The molecule has 6 heteroatoms. The second kappa shape index (κ2) is 4.61. The minimum absolute atomic E-state index is 0. The van der Waals surface area contributed by atoms with Gasteiger partial charge in [-0.2, -0.15) is 0 Å². The summed E-state index contributed by atoms with van der Waals surface area (Å²) < 4.78 is 25.0. The number of halogens is 3. The van der Waals surface area contributed by atoms with E-state index in [0.717, 1.165) is 19.4 Å². The Balaban J connectivity index is 0.00000112. The lowest BCUT2D eigenvalue weighted by atomic mass is 9.96.